The molecule has 5 nitrogen and oxygen atoms in total. The van der Waals surface area contributed by atoms with Gasteiger partial charge in [0.05, 0.1) is 10.9 Å². The maximum absolute atomic E-state index is 13.0. The summed E-state index contributed by atoms with van der Waals surface area (Å²) < 4.78 is 0. The van der Waals surface area contributed by atoms with Crippen LogP contribution in [0, 0.1) is 6.92 Å². The van der Waals surface area contributed by atoms with Gasteiger partial charge in [-0.1, -0.05) is 72.4 Å². The quantitative estimate of drug-likeness (QED) is 0.568. The van der Waals surface area contributed by atoms with Crippen LogP contribution in [-0.4, -0.2) is 57.1 Å². The normalized spacial score (nSPS) is 15.7. The predicted octanol–water partition coefficient (Wildman–Crippen LogP) is 4.13. The highest BCUT2D eigenvalue weighted by atomic mass is 32.2. The Labute approximate surface area is 188 Å². The van der Waals surface area contributed by atoms with Crippen molar-refractivity contribution in [2.75, 3.05) is 26.2 Å². The molecule has 1 N–H and O–H groups in total. The lowest BCUT2D eigenvalue weighted by Crippen LogP contribution is -2.50. The van der Waals surface area contributed by atoms with Crippen LogP contribution in [0.5, 0.6) is 0 Å². The number of carbonyl (C=O) groups excluding carboxylic acids is 1. The van der Waals surface area contributed by atoms with Gasteiger partial charge in [0, 0.05) is 44.8 Å². The molecule has 1 unspecified atom stereocenters. The molecule has 1 atom stereocenters. The fraction of sp³-hybridized carbons (Fsp3) is 0.360. The van der Waals surface area contributed by atoms with Gasteiger partial charge in [0.25, 0.3) is 0 Å². The summed E-state index contributed by atoms with van der Waals surface area (Å²) in [4.78, 5) is 25.5. The summed E-state index contributed by atoms with van der Waals surface area (Å²) in [5.41, 5.74) is 4.68. The molecule has 4 rings (SSSR count). The molecule has 31 heavy (non-hydrogen) atoms. The smallest absolute Gasteiger partial charge is 0.235 e. The summed E-state index contributed by atoms with van der Waals surface area (Å²) in [6, 6.07) is 20.9. The van der Waals surface area contributed by atoms with Crippen molar-refractivity contribution in [2.24, 2.45) is 0 Å². The summed E-state index contributed by atoms with van der Waals surface area (Å²) in [5, 5.41) is 0.669. The van der Waals surface area contributed by atoms with Crippen LogP contribution in [0.2, 0.25) is 0 Å². The Bertz CT molecular complexity index is 981. The van der Waals surface area contributed by atoms with Crippen LogP contribution in [0.1, 0.15) is 29.4 Å². The minimum Gasteiger partial charge on any atom is -0.339 e. The molecule has 1 aliphatic rings. The first-order valence-electron chi connectivity index (χ1n) is 10.9. The van der Waals surface area contributed by atoms with Crippen LogP contribution in [0.15, 0.2) is 65.8 Å². The number of H-pyrrole nitrogens is 1. The maximum Gasteiger partial charge on any atom is 0.235 e. The van der Waals surface area contributed by atoms with Crippen LogP contribution >= 0.6 is 11.8 Å². The molecule has 3 aromatic rings. The zero-order chi connectivity index (χ0) is 21.6. The molecule has 0 aliphatic carbocycles. The third-order valence-corrected chi connectivity index (χ3v) is 6.72. The molecule has 1 fully saturated rings. The number of hydrogen-bond donors (Lipinski definition) is 1. The van der Waals surface area contributed by atoms with Gasteiger partial charge in [-0.05, 0) is 25.0 Å². The fourth-order valence-electron chi connectivity index (χ4n) is 3.93. The number of aromatic amines is 1. The topological polar surface area (TPSA) is 52.2 Å². The van der Waals surface area contributed by atoms with Gasteiger partial charge in [-0.2, -0.15) is 0 Å². The lowest BCUT2D eigenvalue weighted by atomic mass is 10.1. The first kappa shape index (κ1) is 21.7. The van der Waals surface area contributed by atoms with E-state index in [2.05, 4.69) is 46.3 Å². The number of thioether (sulfide) groups is 1. The molecule has 1 aromatic heterocycles. The monoisotopic (exact) mass is 434 g/mol. The van der Waals surface area contributed by atoms with E-state index in [-0.39, 0.29) is 11.2 Å². The maximum atomic E-state index is 13.0. The van der Waals surface area contributed by atoms with Crippen molar-refractivity contribution in [2.45, 2.75) is 37.2 Å². The van der Waals surface area contributed by atoms with Crippen LogP contribution in [0.25, 0.3) is 0 Å². The number of imidazole rings is 1. The lowest BCUT2D eigenvalue weighted by Gasteiger charge is -2.35. The van der Waals surface area contributed by atoms with Crippen molar-refractivity contribution in [3.05, 3.63) is 83.2 Å². The van der Waals surface area contributed by atoms with Gasteiger partial charge in [-0.3, -0.25) is 9.69 Å². The molecule has 162 valence electrons. The first-order valence-corrected chi connectivity index (χ1v) is 11.8. The standard InChI is InChI=1S/C25H30N4OS/c1-19-23(17-21-9-5-3-6-10-21)27-25(26-19)31-20(2)24(30)29-15-13-28(14-16-29)18-22-11-7-4-8-12-22/h3-12,20H,13-18H2,1-2H3,(H,26,27). The Balaban J connectivity index is 1.28. The van der Waals surface area contributed by atoms with Crippen molar-refractivity contribution >= 4 is 17.7 Å². The zero-order valence-electron chi connectivity index (χ0n) is 18.3. The van der Waals surface area contributed by atoms with E-state index in [9.17, 15) is 4.79 Å². The summed E-state index contributed by atoms with van der Waals surface area (Å²) in [6.45, 7) is 8.38. The molecule has 0 spiro atoms. The molecule has 6 heteroatoms. The number of hydrogen-bond acceptors (Lipinski definition) is 4. The highest BCUT2D eigenvalue weighted by Crippen LogP contribution is 2.25. The average molecular weight is 435 g/mol. The van der Waals surface area contributed by atoms with E-state index in [0.29, 0.717) is 0 Å². The van der Waals surface area contributed by atoms with Gasteiger partial charge in [0.1, 0.15) is 0 Å². The van der Waals surface area contributed by atoms with Crippen LogP contribution in [0.4, 0.5) is 0 Å². The van der Waals surface area contributed by atoms with Crippen molar-refractivity contribution < 1.29 is 4.79 Å². The number of aromatic nitrogens is 2. The largest absolute Gasteiger partial charge is 0.339 e. The summed E-state index contributed by atoms with van der Waals surface area (Å²) in [5.74, 6) is 0.197. The molecule has 2 heterocycles. The molecule has 2 aromatic carbocycles. The van der Waals surface area contributed by atoms with Crippen LogP contribution in [0.3, 0.4) is 0 Å². The predicted molar refractivity (Wildman–Crippen MR) is 126 cm³/mol. The Morgan fingerprint density at radius 3 is 2.26 bits per heavy atom. The van der Waals surface area contributed by atoms with E-state index in [1.807, 2.05) is 43.0 Å². The second-order valence-corrected chi connectivity index (χ2v) is 9.45. The van der Waals surface area contributed by atoms with Gasteiger partial charge in [-0.25, -0.2) is 4.98 Å². The van der Waals surface area contributed by atoms with Gasteiger partial charge < -0.3 is 9.88 Å². The summed E-state index contributed by atoms with van der Waals surface area (Å²) in [7, 11) is 0. The number of benzene rings is 2. The fourth-order valence-corrected chi connectivity index (χ4v) is 4.89. The molecule has 1 saturated heterocycles. The Hall–Kier alpha value is -2.57. The summed E-state index contributed by atoms with van der Waals surface area (Å²) in [6.07, 6.45) is 0.801. The number of rotatable bonds is 7. The Morgan fingerprint density at radius 1 is 1.00 bits per heavy atom. The van der Waals surface area contributed by atoms with E-state index < -0.39 is 0 Å². The second kappa shape index (κ2) is 10.2. The van der Waals surface area contributed by atoms with E-state index in [1.165, 1.54) is 22.9 Å². The molecule has 1 amide bonds. The molecular formula is C25H30N4OS. The van der Waals surface area contributed by atoms with Gasteiger partial charge >= 0.3 is 0 Å². The van der Waals surface area contributed by atoms with Crippen LogP contribution in [-0.2, 0) is 17.8 Å². The van der Waals surface area contributed by atoms with Gasteiger partial charge in [0.2, 0.25) is 5.91 Å². The zero-order valence-corrected chi connectivity index (χ0v) is 19.1. The lowest BCUT2D eigenvalue weighted by molar-refractivity contribution is -0.132. The third-order valence-electron chi connectivity index (χ3n) is 5.75. The van der Waals surface area contributed by atoms with E-state index in [1.54, 1.807) is 0 Å². The minimum absolute atomic E-state index is 0.157. The first-order chi connectivity index (χ1) is 15.1. The summed E-state index contributed by atoms with van der Waals surface area (Å²) >= 11 is 1.52. The van der Waals surface area contributed by atoms with Crippen molar-refractivity contribution in [1.29, 1.82) is 0 Å². The Morgan fingerprint density at radius 2 is 1.61 bits per heavy atom. The van der Waals surface area contributed by atoms with E-state index in [0.717, 1.165) is 55.7 Å². The minimum atomic E-state index is -0.157. The second-order valence-electron chi connectivity index (χ2n) is 8.12. The number of nitrogens with one attached hydrogen (secondary N) is 1. The number of nitrogens with zero attached hydrogens (tertiary/aromatic N) is 3. The number of carbonyl (C=O) groups is 1. The van der Waals surface area contributed by atoms with Crippen molar-refractivity contribution in [3.8, 4) is 0 Å². The number of piperazine rings is 1. The average Bonchev–Trinajstić information content (AvgIpc) is 3.13. The molecular weight excluding hydrogens is 404 g/mol. The van der Waals surface area contributed by atoms with Crippen molar-refractivity contribution in [1.82, 2.24) is 19.8 Å². The van der Waals surface area contributed by atoms with E-state index >= 15 is 0 Å². The van der Waals surface area contributed by atoms with Crippen molar-refractivity contribution in [3.63, 3.8) is 0 Å². The number of amides is 1. The molecule has 0 bridgehead atoms. The van der Waals surface area contributed by atoms with Gasteiger partial charge in [0.15, 0.2) is 5.16 Å². The highest BCUT2D eigenvalue weighted by molar-refractivity contribution is 8.00. The molecule has 0 radical (unpaired) electrons. The SMILES string of the molecule is Cc1[nH]c(SC(C)C(=O)N2CCN(Cc3ccccc3)CC2)nc1Cc1ccccc1. The highest BCUT2D eigenvalue weighted by Gasteiger charge is 2.26. The molecule has 1 aliphatic heterocycles. The van der Waals surface area contributed by atoms with Crippen LogP contribution < -0.4 is 0 Å². The third kappa shape index (κ3) is 5.77. The molecule has 0 saturated carbocycles. The number of aryl methyl sites for hydroxylation is 1. The van der Waals surface area contributed by atoms with Gasteiger partial charge in [-0.15, -0.1) is 0 Å². The Kier molecular flexibility index (Phi) is 7.10. The van der Waals surface area contributed by atoms with E-state index in [4.69, 9.17) is 4.98 Å².